The predicted molar refractivity (Wildman–Crippen MR) is 95.1 cm³/mol. The average molecular weight is 367 g/mol. The molecule has 0 amide bonds. The van der Waals surface area contributed by atoms with Crippen LogP contribution in [0.3, 0.4) is 0 Å². The van der Waals surface area contributed by atoms with E-state index in [1.807, 2.05) is 19.1 Å². The van der Waals surface area contributed by atoms with E-state index in [1.54, 1.807) is 24.3 Å². The van der Waals surface area contributed by atoms with Gasteiger partial charge in [0.2, 0.25) is 0 Å². The molecular formula is C18H16Cl2O4. The van der Waals surface area contributed by atoms with Crippen molar-refractivity contribution in [3.8, 4) is 11.5 Å². The highest BCUT2D eigenvalue weighted by Crippen LogP contribution is 2.37. The molecule has 0 unspecified atom stereocenters. The lowest BCUT2D eigenvalue weighted by molar-refractivity contribution is -0.131. The third-order valence-corrected chi connectivity index (χ3v) is 3.54. The minimum Gasteiger partial charge on any atom is -0.490 e. The molecule has 0 spiro atoms. The van der Waals surface area contributed by atoms with Gasteiger partial charge >= 0.3 is 5.97 Å². The quantitative estimate of drug-likeness (QED) is 0.695. The summed E-state index contributed by atoms with van der Waals surface area (Å²) in [4.78, 5) is 10.6. The van der Waals surface area contributed by atoms with Gasteiger partial charge in [-0.25, -0.2) is 4.79 Å². The number of ether oxygens (including phenoxy) is 2. The molecule has 2 rings (SSSR count). The largest absolute Gasteiger partial charge is 0.490 e. The first kappa shape index (κ1) is 18.2. The number of carboxylic acid groups (broad SMARTS) is 1. The molecule has 24 heavy (non-hydrogen) atoms. The Morgan fingerprint density at radius 3 is 2.67 bits per heavy atom. The van der Waals surface area contributed by atoms with Crippen LogP contribution in [0.5, 0.6) is 11.5 Å². The summed E-state index contributed by atoms with van der Waals surface area (Å²) in [6, 6.07) is 10.6. The molecule has 2 aromatic carbocycles. The molecule has 0 aliphatic carbocycles. The highest BCUT2D eigenvalue weighted by Gasteiger charge is 2.12. The van der Waals surface area contributed by atoms with Crippen LogP contribution >= 0.6 is 23.2 Å². The number of halogens is 2. The SMILES string of the molecule is CCOc1cc(C=CC(=O)O)cc(Cl)c1OCc1cccc(Cl)c1. The molecule has 0 aliphatic rings. The highest BCUT2D eigenvalue weighted by molar-refractivity contribution is 6.32. The Hall–Kier alpha value is -2.17. The third-order valence-electron chi connectivity index (χ3n) is 3.02. The van der Waals surface area contributed by atoms with Crippen molar-refractivity contribution in [2.24, 2.45) is 0 Å². The van der Waals surface area contributed by atoms with E-state index in [9.17, 15) is 4.79 Å². The van der Waals surface area contributed by atoms with Crippen molar-refractivity contribution in [3.05, 3.63) is 63.6 Å². The second-order valence-corrected chi connectivity index (χ2v) is 5.70. The lowest BCUT2D eigenvalue weighted by atomic mass is 10.2. The predicted octanol–water partition coefficient (Wildman–Crippen LogP) is 5.07. The molecule has 2 aromatic rings. The van der Waals surface area contributed by atoms with Crippen LogP contribution in [-0.4, -0.2) is 17.7 Å². The second kappa shape index (κ2) is 8.62. The van der Waals surface area contributed by atoms with Crippen molar-refractivity contribution in [1.29, 1.82) is 0 Å². The van der Waals surface area contributed by atoms with E-state index in [0.717, 1.165) is 11.6 Å². The minimum atomic E-state index is -1.04. The van der Waals surface area contributed by atoms with Crippen molar-refractivity contribution >= 4 is 35.2 Å². The van der Waals surface area contributed by atoms with E-state index < -0.39 is 5.97 Å². The maximum Gasteiger partial charge on any atom is 0.328 e. The van der Waals surface area contributed by atoms with Crippen molar-refractivity contribution in [2.45, 2.75) is 13.5 Å². The summed E-state index contributed by atoms with van der Waals surface area (Å²) in [6.07, 6.45) is 2.48. The van der Waals surface area contributed by atoms with Gasteiger partial charge in [-0.1, -0.05) is 35.3 Å². The number of rotatable bonds is 7. The highest BCUT2D eigenvalue weighted by atomic mass is 35.5. The molecule has 0 aromatic heterocycles. The first-order chi connectivity index (χ1) is 11.5. The Balaban J connectivity index is 2.25. The Morgan fingerprint density at radius 2 is 2.00 bits per heavy atom. The smallest absolute Gasteiger partial charge is 0.328 e. The van der Waals surface area contributed by atoms with Gasteiger partial charge in [0.25, 0.3) is 0 Å². The van der Waals surface area contributed by atoms with E-state index >= 15 is 0 Å². The van der Waals surface area contributed by atoms with Crippen molar-refractivity contribution in [3.63, 3.8) is 0 Å². The average Bonchev–Trinajstić information content (AvgIpc) is 2.52. The number of hydrogen-bond acceptors (Lipinski definition) is 3. The van der Waals surface area contributed by atoms with Gasteiger partial charge in [-0.05, 0) is 48.4 Å². The summed E-state index contributed by atoms with van der Waals surface area (Å²) in [7, 11) is 0. The number of carboxylic acids is 1. The van der Waals surface area contributed by atoms with Crippen LogP contribution in [0.4, 0.5) is 0 Å². The van der Waals surface area contributed by atoms with Gasteiger partial charge < -0.3 is 14.6 Å². The summed E-state index contributed by atoms with van der Waals surface area (Å²) in [6.45, 7) is 2.55. The fraction of sp³-hybridized carbons (Fsp3) is 0.167. The van der Waals surface area contributed by atoms with Crippen molar-refractivity contribution in [1.82, 2.24) is 0 Å². The summed E-state index contributed by atoms with van der Waals surface area (Å²) < 4.78 is 11.3. The van der Waals surface area contributed by atoms with Crippen LogP contribution in [0.15, 0.2) is 42.5 Å². The monoisotopic (exact) mass is 366 g/mol. The Kier molecular flexibility index (Phi) is 6.53. The van der Waals surface area contributed by atoms with Gasteiger partial charge in [-0.15, -0.1) is 0 Å². The molecule has 0 radical (unpaired) electrons. The molecule has 0 saturated heterocycles. The van der Waals surface area contributed by atoms with Crippen molar-refractivity contribution in [2.75, 3.05) is 6.61 Å². The summed E-state index contributed by atoms with van der Waals surface area (Å²) in [5.74, 6) is -0.173. The Labute approximate surface area is 150 Å². The molecule has 0 atom stereocenters. The van der Waals surface area contributed by atoms with Gasteiger partial charge in [0.15, 0.2) is 11.5 Å². The molecule has 0 aliphatic heterocycles. The zero-order valence-corrected chi connectivity index (χ0v) is 14.5. The van der Waals surface area contributed by atoms with Crippen molar-refractivity contribution < 1.29 is 19.4 Å². The zero-order chi connectivity index (χ0) is 17.5. The summed E-state index contributed by atoms with van der Waals surface area (Å²) >= 11 is 12.2. The topological polar surface area (TPSA) is 55.8 Å². The minimum absolute atomic E-state index is 0.282. The number of benzene rings is 2. The molecule has 0 bridgehead atoms. The van der Waals surface area contributed by atoms with E-state index in [2.05, 4.69) is 0 Å². The number of hydrogen-bond donors (Lipinski definition) is 1. The molecule has 0 heterocycles. The van der Waals surface area contributed by atoms with Crippen LogP contribution in [0.1, 0.15) is 18.1 Å². The van der Waals surface area contributed by atoms with E-state index in [0.29, 0.717) is 33.7 Å². The van der Waals surface area contributed by atoms with Crippen LogP contribution in [0.25, 0.3) is 6.08 Å². The van der Waals surface area contributed by atoms with Crippen LogP contribution in [0.2, 0.25) is 10.0 Å². The van der Waals surface area contributed by atoms with E-state index in [-0.39, 0.29) is 6.61 Å². The molecule has 126 valence electrons. The third kappa shape index (κ3) is 5.18. The normalized spacial score (nSPS) is 10.8. The van der Waals surface area contributed by atoms with Gasteiger partial charge in [0.05, 0.1) is 11.6 Å². The fourth-order valence-electron chi connectivity index (χ4n) is 2.04. The van der Waals surface area contributed by atoms with Gasteiger partial charge in [0.1, 0.15) is 6.61 Å². The second-order valence-electron chi connectivity index (χ2n) is 4.85. The number of carbonyl (C=O) groups is 1. The van der Waals surface area contributed by atoms with E-state index in [1.165, 1.54) is 6.08 Å². The summed E-state index contributed by atoms with van der Waals surface area (Å²) in [5.41, 5.74) is 1.51. The first-order valence-electron chi connectivity index (χ1n) is 7.24. The molecule has 4 nitrogen and oxygen atoms in total. The standard InChI is InChI=1S/C18H16Cl2O4/c1-2-23-16-10-12(6-7-17(21)22)9-15(20)18(16)24-11-13-4-3-5-14(19)8-13/h3-10H,2,11H2,1H3,(H,21,22). The lowest BCUT2D eigenvalue weighted by Gasteiger charge is -2.14. The summed E-state index contributed by atoms with van der Waals surface area (Å²) in [5, 5.41) is 9.68. The van der Waals surface area contributed by atoms with Gasteiger partial charge in [-0.3, -0.25) is 0 Å². The molecule has 0 saturated carbocycles. The Bertz CT molecular complexity index is 757. The molecular weight excluding hydrogens is 351 g/mol. The Morgan fingerprint density at radius 1 is 1.21 bits per heavy atom. The molecule has 6 heteroatoms. The van der Waals surface area contributed by atoms with E-state index in [4.69, 9.17) is 37.8 Å². The maximum absolute atomic E-state index is 10.6. The van der Waals surface area contributed by atoms with Crippen LogP contribution in [0, 0.1) is 0 Å². The molecule has 1 N–H and O–H groups in total. The van der Waals surface area contributed by atoms with Crippen LogP contribution < -0.4 is 9.47 Å². The first-order valence-corrected chi connectivity index (χ1v) is 7.99. The maximum atomic E-state index is 10.6. The van der Waals surface area contributed by atoms with Gasteiger partial charge in [0, 0.05) is 11.1 Å². The zero-order valence-electron chi connectivity index (χ0n) is 13.0. The lowest BCUT2D eigenvalue weighted by Crippen LogP contribution is -2.01. The van der Waals surface area contributed by atoms with Gasteiger partial charge in [-0.2, -0.15) is 0 Å². The molecule has 0 fully saturated rings. The van der Waals surface area contributed by atoms with Crippen LogP contribution in [-0.2, 0) is 11.4 Å². The fourth-order valence-corrected chi connectivity index (χ4v) is 2.52. The number of aliphatic carboxylic acids is 1.